The minimum Gasteiger partial charge on any atom is -0.433 e. The molecule has 0 spiro atoms. The Bertz CT molecular complexity index is 462. The van der Waals surface area contributed by atoms with Crippen molar-refractivity contribution in [2.75, 3.05) is 5.32 Å². The smallest absolute Gasteiger partial charge is 0.387 e. The number of anilines is 1. The van der Waals surface area contributed by atoms with E-state index in [1.165, 1.54) is 17.4 Å². The zero-order valence-corrected chi connectivity index (χ0v) is 9.58. The number of rotatable bonds is 5. The number of hydrogen-bond donors (Lipinski definition) is 1. The van der Waals surface area contributed by atoms with Crippen LogP contribution in [-0.4, -0.2) is 11.6 Å². The molecule has 1 N–H and O–H groups in total. The number of hydrogen-bond acceptors (Lipinski definition) is 4. The molecule has 1 heterocycles. The third-order valence-corrected chi connectivity index (χ3v) is 2.68. The number of benzene rings is 1. The predicted octanol–water partition coefficient (Wildman–Crippen LogP) is 3.36. The van der Waals surface area contributed by atoms with E-state index in [-0.39, 0.29) is 5.75 Å². The highest BCUT2D eigenvalue weighted by Gasteiger charge is 2.08. The molecule has 2 rings (SSSR count). The quantitative estimate of drug-likeness (QED) is 0.890. The van der Waals surface area contributed by atoms with E-state index in [9.17, 15) is 8.78 Å². The van der Waals surface area contributed by atoms with Gasteiger partial charge in [-0.25, -0.2) is 4.98 Å². The van der Waals surface area contributed by atoms with Crippen LogP contribution in [0.2, 0.25) is 0 Å². The molecule has 0 atom stereocenters. The molecule has 0 aliphatic heterocycles. The van der Waals surface area contributed by atoms with Gasteiger partial charge in [0.05, 0.1) is 23.4 Å². The highest BCUT2D eigenvalue weighted by atomic mass is 32.1. The van der Waals surface area contributed by atoms with Gasteiger partial charge in [-0.3, -0.25) is 0 Å². The summed E-state index contributed by atoms with van der Waals surface area (Å²) in [5, 5.41) is 4.90. The molecule has 0 aliphatic rings. The maximum atomic E-state index is 12.2. The van der Waals surface area contributed by atoms with Crippen LogP contribution in [0.3, 0.4) is 0 Å². The molecular weight excluding hydrogens is 246 g/mol. The molecule has 3 nitrogen and oxygen atoms in total. The Kier molecular flexibility index (Phi) is 3.87. The molecule has 17 heavy (non-hydrogen) atoms. The molecule has 6 heteroatoms. The number of ether oxygens (including phenoxy) is 1. The van der Waals surface area contributed by atoms with Crippen molar-refractivity contribution in [1.82, 2.24) is 4.98 Å². The van der Waals surface area contributed by atoms with Gasteiger partial charge in [0, 0.05) is 5.38 Å². The summed E-state index contributed by atoms with van der Waals surface area (Å²) in [5.74, 6) is 0.137. The van der Waals surface area contributed by atoms with Crippen LogP contribution in [0.25, 0.3) is 0 Å². The summed E-state index contributed by atoms with van der Waals surface area (Å²) < 4.78 is 28.7. The first-order valence-electron chi connectivity index (χ1n) is 4.90. The topological polar surface area (TPSA) is 34.1 Å². The number of aromatic nitrogens is 1. The van der Waals surface area contributed by atoms with Gasteiger partial charge in [-0.05, 0) is 12.1 Å². The van der Waals surface area contributed by atoms with Crippen LogP contribution in [0.4, 0.5) is 14.5 Å². The van der Waals surface area contributed by atoms with Crippen molar-refractivity contribution in [3.63, 3.8) is 0 Å². The number of halogens is 2. The number of thiazole rings is 1. The second-order valence-corrected chi connectivity index (χ2v) is 3.93. The van der Waals surface area contributed by atoms with Gasteiger partial charge < -0.3 is 10.1 Å². The van der Waals surface area contributed by atoms with E-state index < -0.39 is 6.61 Å². The van der Waals surface area contributed by atoms with Crippen LogP contribution in [0.5, 0.6) is 5.75 Å². The van der Waals surface area contributed by atoms with Crippen LogP contribution in [0, 0.1) is 0 Å². The average Bonchev–Trinajstić information content (AvgIpc) is 2.80. The summed E-state index contributed by atoms with van der Waals surface area (Å²) in [4.78, 5) is 4.09. The normalized spacial score (nSPS) is 10.5. The maximum absolute atomic E-state index is 12.2. The SMILES string of the molecule is FC(F)Oc1ccccc1NCc1cscn1. The summed E-state index contributed by atoms with van der Waals surface area (Å²) in [6.45, 7) is -2.34. The van der Waals surface area contributed by atoms with Crippen molar-refractivity contribution in [3.05, 3.63) is 40.8 Å². The fraction of sp³-hybridized carbons (Fsp3) is 0.182. The number of alkyl halides is 2. The van der Waals surface area contributed by atoms with Gasteiger partial charge in [-0.15, -0.1) is 11.3 Å². The third-order valence-electron chi connectivity index (χ3n) is 2.05. The lowest BCUT2D eigenvalue weighted by Crippen LogP contribution is -2.06. The largest absolute Gasteiger partial charge is 0.433 e. The maximum Gasteiger partial charge on any atom is 0.387 e. The molecule has 0 saturated heterocycles. The number of nitrogens with one attached hydrogen (secondary N) is 1. The molecule has 0 fully saturated rings. The van der Waals surface area contributed by atoms with Crippen LogP contribution >= 0.6 is 11.3 Å². The van der Waals surface area contributed by atoms with E-state index in [2.05, 4.69) is 15.0 Å². The Morgan fingerprint density at radius 3 is 2.88 bits per heavy atom. The van der Waals surface area contributed by atoms with Crippen molar-refractivity contribution < 1.29 is 13.5 Å². The molecular formula is C11H10F2N2OS. The van der Waals surface area contributed by atoms with Crippen LogP contribution in [0.15, 0.2) is 35.2 Å². The van der Waals surface area contributed by atoms with Crippen molar-refractivity contribution in [1.29, 1.82) is 0 Å². The van der Waals surface area contributed by atoms with Crippen molar-refractivity contribution in [2.24, 2.45) is 0 Å². The molecule has 0 unspecified atom stereocenters. The Labute approximate surface area is 101 Å². The minimum atomic E-state index is -2.82. The van der Waals surface area contributed by atoms with E-state index in [4.69, 9.17) is 0 Å². The van der Waals surface area contributed by atoms with Gasteiger partial charge in [-0.1, -0.05) is 12.1 Å². The first-order chi connectivity index (χ1) is 8.25. The van der Waals surface area contributed by atoms with Gasteiger partial charge in [0.2, 0.25) is 0 Å². The van der Waals surface area contributed by atoms with E-state index in [0.717, 1.165) is 5.69 Å². The number of nitrogens with zero attached hydrogens (tertiary/aromatic N) is 1. The first kappa shape index (κ1) is 11.8. The summed E-state index contributed by atoms with van der Waals surface area (Å²) in [5.41, 5.74) is 3.11. The molecule has 90 valence electrons. The lowest BCUT2D eigenvalue weighted by atomic mass is 10.3. The highest BCUT2D eigenvalue weighted by Crippen LogP contribution is 2.25. The zero-order chi connectivity index (χ0) is 12.1. The fourth-order valence-corrected chi connectivity index (χ4v) is 1.88. The van der Waals surface area contributed by atoms with Crippen LogP contribution < -0.4 is 10.1 Å². The van der Waals surface area contributed by atoms with E-state index >= 15 is 0 Å². The molecule has 0 bridgehead atoms. The second kappa shape index (κ2) is 5.58. The van der Waals surface area contributed by atoms with Crippen molar-refractivity contribution in [3.8, 4) is 5.75 Å². The fourth-order valence-electron chi connectivity index (χ4n) is 1.32. The van der Waals surface area contributed by atoms with Crippen LogP contribution in [-0.2, 0) is 6.54 Å². The first-order valence-corrected chi connectivity index (χ1v) is 5.85. The monoisotopic (exact) mass is 256 g/mol. The van der Waals surface area contributed by atoms with Gasteiger partial charge in [0.1, 0.15) is 5.75 Å². The Morgan fingerprint density at radius 2 is 2.18 bits per heavy atom. The molecule has 0 saturated carbocycles. The number of para-hydroxylation sites is 2. The zero-order valence-electron chi connectivity index (χ0n) is 8.77. The molecule has 0 radical (unpaired) electrons. The molecule has 1 aromatic heterocycles. The minimum absolute atomic E-state index is 0.137. The van der Waals surface area contributed by atoms with E-state index in [1.54, 1.807) is 23.7 Å². The predicted molar refractivity (Wildman–Crippen MR) is 62.5 cm³/mol. The Hall–Kier alpha value is -1.69. The Balaban J connectivity index is 2.04. The van der Waals surface area contributed by atoms with Gasteiger partial charge in [-0.2, -0.15) is 8.78 Å². The lowest BCUT2D eigenvalue weighted by molar-refractivity contribution is -0.0493. The molecule has 2 aromatic rings. The highest BCUT2D eigenvalue weighted by molar-refractivity contribution is 7.07. The van der Waals surface area contributed by atoms with Crippen molar-refractivity contribution in [2.45, 2.75) is 13.2 Å². The summed E-state index contributed by atoms with van der Waals surface area (Å²) >= 11 is 1.49. The van der Waals surface area contributed by atoms with Crippen LogP contribution in [0.1, 0.15) is 5.69 Å². The standard InChI is InChI=1S/C11H10F2N2OS/c12-11(13)16-10-4-2-1-3-9(10)14-5-8-6-17-7-15-8/h1-4,6-7,11,14H,5H2. The van der Waals surface area contributed by atoms with Gasteiger partial charge in [0.15, 0.2) is 0 Å². The molecule has 0 amide bonds. The second-order valence-electron chi connectivity index (χ2n) is 3.21. The Morgan fingerprint density at radius 1 is 1.35 bits per heavy atom. The van der Waals surface area contributed by atoms with E-state index in [0.29, 0.717) is 12.2 Å². The summed E-state index contributed by atoms with van der Waals surface area (Å²) in [7, 11) is 0. The van der Waals surface area contributed by atoms with Gasteiger partial charge in [0.25, 0.3) is 0 Å². The third kappa shape index (κ3) is 3.39. The average molecular weight is 256 g/mol. The van der Waals surface area contributed by atoms with Crippen molar-refractivity contribution >= 4 is 17.0 Å². The summed E-state index contributed by atoms with van der Waals surface area (Å²) in [6, 6.07) is 6.58. The lowest BCUT2D eigenvalue weighted by Gasteiger charge is -2.11. The molecule has 1 aromatic carbocycles. The van der Waals surface area contributed by atoms with E-state index in [1.807, 2.05) is 5.38 Å². The van der Waals surface area contributed by atoms with Gasteiger partial charge >= 0.3 is 6.61 Å². The molecule has 0 aliphatic carbocycles. The summed E-state index contributed by atoms with van der Waals surface area (Å²) in [6.07, 6.45) is 0.